The van der Waals surface area contributed by atoms with Crippen LogP contribution in [0.5, 0.6) is 0 Å². The van der Waals surface area contributed by atoms with Crippen LogP contribution in [0.4, 0.5) is 0 Å². The number of hydrogen-bond donors (Lipinski definition) is 5. The standard InChI is InChI=1S/C6H13NO4/c8-1-3-5(10)6(11)4(2-9)7-3/h3-11H,1-2H2/p+1/t3-,4-,5-,6-/m1/s1. The van der Waals surface area contributed by atoms with E-state index in [2.05, 4.69) is 0 Å². The fraction of sp³-hybridized carbons (Fsp3) is 1.00. The Morgan fingerprint density at radius 2 is 1.27 bits per heavy atom. The summed E-state index contributed by atoms with van der Waals surface area (Å²) in [6.45, 7) is -0.372. The molecular formula is C6H14NO4+. The van der Waals surface area contributed by atoms with Crippen LogP contribution in [0.1, 0.15) is 0 Å². The normalized spacial score (nSPS) is 44.7. The molecule has 0 bridgehead atoms. The lowest BCUT2D eigenvalue weighted by Gasteiger charge is -2.08. The second-order valence-electron chi connectivity index (χ2n) is 2.87. The molecule has 0 saturated carbocycles. The van der Waals surface area contributed by atoms with Gasteiger partial charge in [0.15, 0.2) is 0 Å². The first-order chi connectivity index (χ1) is 5.20. The van der Waals surface area contributed by atoms with Crippen molar-refractivity contribution in [2.24, 2.45) is 0 Å². The molecule has 1 aliphatic heterocycles. The summed E-state index contributed by atoms with van der Waals surface area (Å²) in [6, 6.07) is -0.802. The topological polar surface area (TPSA) is 97.5 Å². The summed E-state index contributed by atoms with van der Waals surface area (Å²) in [5.74, 6) is 0. The average Bonchev–Trinajstić information content (AvgIpc) is 2.30. The highest BCUT2D eigenvalue weighted by Crippen LogP contribution is 2.06. The minimum atomic E-state index is -0.933. The molecule has 0 radical (unpaired) electrons. The predicted octanol–water partition coefficient (Wildman–Crippen LogP) is -3.99. The van der Waals surface area contributed by atoms with Gasteiger partial charge >= 0.3 is 0 Å². The van der Waals surface area contributed by atoms with E-state index in [0.717, 1.165) is 0 Å². The highest BCUT2D eigenvalue weighted by molar-refractivity contribution is 4.85. The Hall–Kier alpha value is -0.200. The molecule has 4 atom stereocenters. The lowest BCUT2D eigenvalue weighted by Crippen LogP contribution is -2.94. The summed E-state index contributed by atoms with van der Waals surface area (Å²) in [5, 5.41) is 37.4. The van der Waals surface area contributed by atoms with Crippen molar-refractivity contribution in [1.29, 1.82) is 0 Å². The molecule has 0 aromatic rings. The Kier molecular flexibility index (Phi) is 2.80. The van der Waals surface area contributed by atoms with Gasteiger partial charge in [0.05, 0.1) is 13.2 Å². The zero-order valence-electron chi connectivity index (χ0n) is 6.09. The van der Waals surface area contributed by atoms with Crippen LogP contribution >= 0.6 is 0 Å². The molecule has 6 N–H and O–H groups in total. The molecule has 1 rings (SSSR count). The second kappa shape index (κ2) is 3.46. The molecule has 5 heteroatoms. The van der Waals surface area contributed by atoms with E-state index in [1.807, 2.05) is 0 Å². The van der Waals surface area contributed by atoms with Crippen molar-refractivity contribution in [3.05, 3.63) is 0 Å². The number of aliphatic hydroxyl groups excluding tert-OH is 4. The van der Waals surface area contributed by atoms with Crippen molar-refractivity contribution >= 4 is 0 Å². The molecular weight excluding hydrogens is 150 g/mol. The Labute approximate surface area is 64.3 Å². The second-order valence-corrected chi connectivity index (χ2v) is 2.87. The van der Waals surface area contributed by atoms with Crippen LogP contribution in [-0.2, 0) is 0 Å². The Balaban J connectivity index is 2.53. The lowest BCUT2D eigenvalue weighted by molar-refractivity contribution is -0.709. The van der Waals surface area contributed by atoms with E-state index < -0.39 is 24.3 Å². The molecule has 0 unspecified atom stereocenters. The SMILES string of the molecule is OC[C@H]1[NH2+][C@H](CO)[C@@H](O)[C@@H]1O. The Bertz CT molecular complexity index is 114. The maximum Gasteiger partial charge on any atom is 0.140 e. The molecule has 1 fully saturated rings. The van der Waals surface area contributed by atoms with Gasteiger partial charge in [-0.3, -0.25) is 0 Å². The summed E-state index contributed by atoms with van der Waals surface area (Å²) in [4.78, 5) is 0. The summed E-state index contributed by atoms with van der Waals surface area (Å²) >= 11 is 0. The van der Waals surface area contributed by atoms with E-state index >= 15 is 0 Å². The van der Waals surface area contributed by atoms with Crippen molar-refractivity contribution in [2.45, 2.75) is 24.3 Å². The minimum Gasteiger partial charge on any atom is -0.390 e. The van der Waals surface area contributed by atoms with Crippen LogP contribution in [0.3, 0.4) is 0 Å². The van der Waals surface area contributed by atoms with Crippen LogP contribution in [0, 0.1) is 0 Å². The molecule has 1 heterocycles. The molecule has 1 aliphatic rings. The van der Waals surface area contributed by atoms with Gasteiger partial charge in [0, 0.05) is 0 Å². The van der Waals surface area contributed by atoms with E-state index in [0.29, 0.717) is 0 Å². The van der Waals surface area contributed by atoms with Crippen LogP contribution < -0.4 is 5.32 Å². The quantitative estimate of drug-likeness (QED) is 0.287. The number of rotatable bonds is 2. The van der Waals surface area contributed by atoms with Crippen LogP contribution in [0.15, 0.2) is 0 Å². The van der Waals surface area contributed by atoms with Gasteiger partial charge in [-0.15, -0.1) is 0 Å². The summed E-state index contributed by atoms with van der Waals surface area (Å²) in [7, 11) is 0. The maximum atomic E-state index is 9.21. The lowest BCUT2D eigenvalue weighted by atomic mass is 10.1. The van der Waals surface area contributed by atoms with E-state index in [9.17, 15) is 10.2 Å². The highest BCUT2D eigenvalue weighted by Gasteiger charge is 2.44. The summed E-state index contributed by atoms with van der Waals surface area (Å²) in [5.41, 5.74) is 0. The smallest absolute Gasteiger partial charge is 0.140 e. The van der Waals surface area contributed by atoms with Gasteiger partial charge in [0.25, 0.3) is 0 Å². The van der Waals surface area contributed by atoms with Gasteiger partial charge in [-0.25, -0.2) is 0 Å². The maximum absolute atomic E-state index is 9.21. The average molecular weight is 164 g/mol. The molecule has 0 aromatic carbocycles. The number of hydrogen-bond acceptors (Lipinski definition) is 4. The third kappa shape index (κ3) is 1.52. The van der Waals surface area contributed by atoms with Crippen molar-refractivity contribution in [3.8, 4) is 0 Å². The van der Waals surface area contributed by atoms with Crippen molar-refractivity contribution in [1.82, 2.24) is 0 Å². The first-order valence-electron chi connectivity index (χ1n) is 3.63. The third-order valence-electron chi connectivity index (χ3n) is 2.14. The van der Waals surface area contributed by atoms with Gasteiger partial charge in [-0.05, 0) is 0 Å². The Morgan fingerprint density at radius 1 is 0.909 bits per heavy atom. The zero-order valence-corrected chi connectivity index (χ0v) is 6.09. The molecule has 1 saturated heterocycles. The van der Waals surface area contributed by atoms with E-state index in [4.69, 9.17) is 10.2 Å². The van der Waals surface area contributed by atoms with E-state index in [1.165, 1.54) is 0 Å². The van der Waals surface area contributed by atoms with Crippen LogP contribution in [-0.4, -0.2) is 57.9 Å². The number of quaternary nitrogens is 1. The first kappa shape index (κ1) is 8.89. The van der Waals surface area contributed by atoms with Gasteiger partial charge in [0.1, 0.15) is 24.3 Å². The fourth-order valence-corrected chi connectivity index (χ4v) is 1.39. The minimum absolute atomic E-state index is 0.186. The summed E-state index contributed by atoms with van der Waals surface area (Å²) in [6.07, 6.45) is -1.87. The van der Waals surface area contributed by atoms with Crippen molar-refractivity contribution in [3.63, 3.8) is 0 Å². The molecule has 5 nitrogen and oxygen atoms in total. The zero-order chi connectivity index (χ0) is 8.43. The van der Waals surface area contributed by atoms with Crippen LogP contribution in [0.2, 0.25) is 0 Å². The number of nitrogens with two attached hydrogens (primary N) is 1. The molecule has 11 heavy (non-hydrogen) atoms. The van der Waals surface area contributed by atoms with E-state index in [-0.39, 0.29) is 13.2 Å². The first-order valence-corrected chi connectivity index (χ1v) is 3.63. The van der Waals surface area contributed by atoms with Crippen molar-refractivity contribution < 1.29 is 25.7 Å². The Morgan fingerprint density at radius 3 is 1.45 bits per heavy atom. The predicted molar refractivity (Wildman–Crippen MR) is 35.7 cm³/mol. The van der Waals surface area contributed by atoms with Gasteiger partial charge in [-0.2, -0.15) is 0 Å². The number of aliphatic hydroxyl groups is 4. The fourth-order valence-electron chi connectivity index (χ4n) is 1.39. The third-order valence-corrected chi connectivity index (χ3v) is 2.14. The van der Waals surface area contributed by atoms with E-state index in [1.54, 1.807) is 5.32 Å². The molecule has 0 amide bonds. The molecule has 0 aromatic heterocycles. The van der Waals surface area contributed by atoms with Crippen molar-refractivity contribution in [2.75, 3.05) is 13.2 Å². The highest BCUT2D eigenvalue weighted by atomic mass is 16.3. The van der Waals surface area contributed by atoms with Gasteiger partial charge in [0.2, 0.25) is 0 Å². The monoisotopic (exact) mass is 164 g/mol. The van der Waals surface area contributed by atoms with Crippen LogP contribution in [0.25, 0.3) is 0 Å². The summed E-state index contributed by atoms with van der Waals surface area (Å²) < 4.78 is 0. The molecule has 0 spiro atoms. The molecule has 0 aliphatic carbocycles. The van der Waals surface area contributed by atoms with Gasteiger partial charge < -0.3 is 25.7 Å². The van der Waals surface area contributed by atoms with Gasteiger partial charge in [-0.1, -0.05) is 0 Å². The molecule has 66 valence electrons. The largest absolute Gasteiger partial charge is 0.390 e.